The molecular formula is C13H23NO6. The fourth-order valence-electron chi connectivity index (χ4n) is 2.37. The standard InChI is InChI=1S/C13H23NO6/c1-13(2,3)20-12(18)14-8(6-16)9-7(5-15)10(9)11(17)19-4/h7-10,15-16H,5-6H2,1-4H3,(H,14,18). The van der Waals surface area contributed by atoms with Gasteiger partial charge in [0.2, 0.25) is 0 Å². The van der Waals surface area contributed by atoms with E-state index in [2.05, 4.69) is 10.1 Å². The average Bonchev–Trinajstić information content (AvgIpc) is 3.06. The summed E-state index contributed by atoms with van der Waals surface area (Å²) in [6.07, 6.45) is -0.663. The van der Waals surface area contributed by atoms with Crippen LogP contribution in [0.25, 0.3) is 0 Å². The number of hydrogen-bond acceptors (Lipinski definition) is 6. The summed E-state index contributed by atoms with van der Waals surface area (Å²) in [6, 6.07) is -0.647. The third-order valence-electron chi connectivity index (χ3n) is 3.28. The van der Waals surface area contributed by atoms with Gasteiger partial charge >= 0.3 is 12.1 Å². The normalized spacial score (nSPS) is 26.6. The Balaban J connectivity index is 2.63. The third-order valence-corrected chi connectivity index (χ3v) is 3.28. The number of hydrogen-bond donors (Lipinski definition) is 3. The lowest BCUT2D eigenvalue weighted by atomic mass is 10.1. The molecule has 1 aliphatic rings. The number of aliphatic hydroxyl groups is 2. The molecule has 116 valence electrons. The molecule has 4 atom stereocenters. The van der Waals surface area contributed by atoms with Gasteiger partial charge in [-0.05, 0) is 20.8 Å². The molecule has 20 heavy (non-hydrogen) atoms. The van der Waals surface area contributed by atoms with Crippen LogP contribution in [0.4, 0.5) is 4.79 Å². The van der Waals surface area contributed by atoms with E-state index in [1.807, 2.05) is 0 Å². The van der Waals surface area contributed by atoms with E-state index in [9.17, 15) is 19.8 Å². The average molecular weight is 289 g/mol. The van der Waals surface area contributed by atoms with Crippen LogP contribution in [0.15, 0.2) is 0 Å². The zero-order valence-corrected chi connectivity index (χ0v) is 12.3. The number of carbonyl (C=O) groups is 2. The molecule has 0 heterocycles. The van der Waals surface area contributed by atoms with Crippen molar-refractivity contribution in [1.29, 1.82) is 0 Å². The summed E-state index contributed by atoms with van der Waals surface area (Å²) in [4.78, 5) is 23.2. The van der Waals surface area contributed by atoms with Gasteiger partial charge in [0.05, 0.1) is 25.7 Å². The van der Waals surface area contributed by atoms with Crippen molar-refractivity contribution in [1.82, 2.24) is 5.32 Å². The number of alkyl carbamates (subject to hydrolysis) is 1. The molecule has 7 nitrogen and oxygen atoms in total. The lowest BCUT2D eigenvalue weighted by Gasteiger charge is -2.23. The summed E-state index contributed by atoms with van der Waals surface area (Å²) in [5.41, 5.74) is -0.647. The fourth-order valence-corrected chi connectivity index (χ4v) is 2.37. The quantitative estimate of drug-likeness (QED) is 0.610. The maximum atomic E-state index is 11.7. The summed E-state index contributed by atoms with van der Waals surface area (Å²) in [5, 5.41) is 21.1. The molecule has 1 aliphatic carbocycles. The highest BCUT2D eigenvalue weighted by Gasteiger charge is 2.58. The van der Waals surface area contributed by atoms with Gasteiger partial charge in [0.1, 0.15) is 5.60 Å². The van der Waals surface area contributed by atoms with Gasteiger partial charge in [-0.3, -0.25) is 4.79 Å². The number of nitrogens with one attached hydrogen (secondary N) is 1. The Morgan fingerprint density at radius 3 is 2.30 bits per heavy atom. The van der Waals surface area contributed by atoms with Gasteiger partial charge in [0.15, 0.2) is 0 Å². The molecule has 0 spiro atoms. The van der Waals surface area contributed by atoms with Crippen molar-refractivity contribution in [3.8, 4) is 0 Å². The summed E-state index contributed by atoms with van der Waals surface area (Å²) in [5.74, 6) is -1.60. The van der Waals surface area contributed by atoms with Crippen molar-refractivity contribution in [2.75, 3.05) is 20.3 Å². The van der Waals surface area contributed by atoms with E-state index in [0.717, 1.165) is 0 Å². The molecule has 0 aromatic carbocycles. The Morgan fingerprint density at radius 1 is 1.30 bits per heavy atom. The molecule has 1 amide bonds. The molecule has 1 fully saturated rings. The monoisotopic (exact) mass is 289 g/mol. The molecule has 0 saturated heterocycles. The second kappa shape index (κ2) is 6.41. The van der Waals surface area contributed by atoms with Crippen LogP contribution in [-0.2, 0) is 14.3 Å². The molecule has 3 N–H and O–H groups in total. The Bertz CT molecular complexity index is 364. The topological polar surface area (TPSA) is 105 Å². The minimum atomic E-state index is -0.663. The van der Waals surface area contributed by atoms with Crippen LogP contribution in [-0.4, -0.2) is 54.2 Å². The number of carbonyl (C=O) groups excluding carboxylic acids is 2. The molecule has 0 radical (unpaired) electrons. The van der Waals surface area contributed by atoms with Gasteiger partial charge < -0.3 is 25.0 Å². The van der Waals surface area contributed by atoms with E-state index in [1.165, 1.54) is 7.11 Å². The molecule has 1 saturated carbocycles. The number of aliphatic hydroxyl groups excluding tert-OH is 2. The first-order valence-electron chi connectivity index (χ1n) is 6.54. The number of methoxy groups -OCH3 is 1. The zero-order chi connectivity index (χ0) is 15.5. The highest BCUT2D eigenvalue weighted by Crippen LogP contribution is 2.48. The highest BCUT2D eigenvalue weighted by atomic mass is 16.6. The van der Waals surface area contributed by atoms with Crippen molar-refractivity contribution in [2.24, 2.45) is 17.8 Å². The second-order valence-electron chi connectivity index (χ2n) is 5.91. The molecule has 1 rings (SSSR count). The predicted octanol–water partition coefficient (Wildman–Crippen LogP) is -0.101. The van der Waals surface area contributed by atoms with Crippen LogP contribution >= 0.6 is 0 Å². The van der Waals surface area contributed by atoms with Gasteiger partial charge in [0.25, 0.3) is 0 Å². The van der Waals surface area contributed by atoms with Gasteiger partial charge in [-0.15, -0.1) is 0 Å². The van der Waals surface area contributed by atoms with Crippen LogP contribution < -0.4 is 5.32 Å². The van der Waals surface area contributed by atoms with Crippen molar-refractivity contribution < 1.29 is 29.3 Å². The van der Waals surface area contributed by atoms with Crippen LogP contribution in [0, 0.1) is 17.8 Å². The van der Waals surface area contributed by atoms with E-state index in [0.29, 0.717) is 0 Å². The molecular weight excluding hydrogens is 266 g/mol. The molecule has 0 aromatic heterocycles. The number of ether oxygens (including phenoxy) is 2. The predicted molar refractivity (Wildman–Crippen MR) is 69.8 cm³/mol. The summed E-state index contributed by atoms with van der Waals surface area (Å²) >= 11 is 0. The van der Waals surface area contributed by atoms with Crippen molar-refractivity contribution in [3.63, 3.8) is 0 Å². The van der Waals surface area contributed by atoms with Crippen LogP contribution in [0.5, 0.6) is 0 Å². The SMILES string of the molecule is COC(=O)C1C(CO)C1C(CO)NC(=O)OC(C)(C)C. The number of rotatable bonds is 5. The van der Waals surface area contributed by atoms with E-state index in [-0.39, 0.29) is 25.0 Å². The molecule has 7 heteroatoms. The van der Waals surface area contributed by atoms with Crippen molar-refractivity contribution in [3.05, 3.63) is 0 Å². The Kier molecular flexibility index (Phi) is 5.35. The first-order chi connectivity index (χ1) is 9.25. The van der Waals surface area contributed by atoms with Crippen LogP contribution in [0.3, 0.4) is 0 Å². The third kappa shape index (κ3) is 4.08. The number of esters is 1. The highest BCUT2D eigenvalue weighted by molar-refractivity contribution is 5.77. The summed E-state index contributed by atoms with van der Waals surface area (Å²) in [7, 11) is 1.27. The molecule has 4 unspecified atom stereocenters. The van der Waals surface area contributed by atoms with Crippen LogP contribution in [0.1, 0.15) is 20.8 Å². The summed E-state index contributed by atoms with van der Waals surface area (Å²) in [6.45, 7) is 4.65. The Labute approximate surface area is 118 Å². The van der Waals surface area contributed by atoms with E-state index in [1.54, 1.807) is 20.8 Å². The number of amides is 1. The molecule has 0 aliphatic heterocycles. The zero-order valence-electron chi connectivity index (χ0n) is 12.3. The van der Waals surface area contributed by atoms with Gasteiger partial charge in [0, 0.05) is 18.4 Å². The van der Waals surface area contributed by atoms with E-state index in [4.69, 9.17) is 4.74 Å². The Hall–Kier alpha value is -1.34. The van der Waals surface area contributed by atoms with Crippen LogP contribution in [0.2, 0.25) is 0 Å². The van der Waals surface area contributed by atoms with Gasteiger partial charge in [-0.2, -0.15) is 0 Å². The first kappa shape index (κ1) is 16.7. The minimum absolute atomic E-state index is 0.197. The maximum Gasteiger partial charge on any atom is 0.407 e. The minimum Gasteiger partial charge on any atom is -0.469 e. The van der Waals surface area contributed by atoms with Crippen molar-refractivity contribution >= 4 is 12.1 Å². The fraction of sp³-hybridized carbons (Fsp3) is 0.846. The molecule has 0 bridgehead atoms. The van der Waals surface area contributed by atoms with Gasteiger partial charge in [-0.1, -0.05) is 0 Å². The largest absolute Gasteiger partial charge is 0.469 e. The van der Waals surface area contributed by atoms with Crippen molar-refractivity contribution in [2.45, 2.75) is 32.4 Å². The lowest BCUT2D eigenvalue weighted by molar-refractivity contribution is -0.143. The molecule has 0 aromatic rings. The smallest absolute Gasteiger partial charge is 0.407 e. The van der Waals surface area contributed by atoms with Gasteiger partial charge in [-0.25, -0.2) is 4.79 Å². The lowest BCUT2D eigenvalue weighted by Crippen LogP contribution is -2.43. The van der Waals surface area contributed by atoms with E-state index < -0.39 is 29.6 Å². The maximum absolute atomic E-state index is 11.7. The summed E-state index contributed by atoms with van der Waals surface area (Å²) < 4.78 is 9.74. The Morgan fingerprint density at radius 2 is 1.90 bits per heavy atom. The van der Waals surface area contributed by atoms with E-state index >= 15 is 0 Å². The first-order valence-corrected chi connectivity index (χ1v) is 6.54. The second-order valence-corrected chi connectivity index (χ2v) is 5.91.